The van der Waals surface area contributed by atoms with Gasteiger partial charge in [0.1, 0.15) is 0 Å². The molecular formula is C22H21N5O3. The van der Waals surface area contributed by atoms with E-state index in [0.29, 0.717) is 23.6 Å². The summed E-state index contributed by atoms with van der Waals surface area (Å²) >= 11 is 0. The highest BCUT2D eigenvalue weighted by Crippen LogP contribution is 2.16. The van der Waals surface area contributed by atoms with Crippen molar-refractivity contribution in [2.24, 2.45) is 0 Å². The predicted molar refractivity (Wildman–Crippen MR) is 114 cm³/mol. The lowest BCUT2D eigenvalue weighted by Gasteiger charge is -2.12. The lowest BCUT2D eigenvalue weighted by Crippen LogP contribution is -2.19. The summed E-state index contributed by atoms with van der Waals surface area (Å²) in [6, 6.07) is 13.9. The van der Waals surface area contributed by atoms with Gasteiger partial charge in [-0.15, -0.1) is 0 Å². The number of hydrogen-bond donors (Lipinski definition) is 2. The number of aromatic amines is 1. The van der Waals surface area contributed by atoms with Gasteiger partial charge in [-0.2, -0.15) is 0 Å². The van der Waals surface area contributed by atoms with Crippen LogP contribution in [0.3, 0.4) is 0 Å². The van der Waals surface area contributed by atoms with E-state index in [1.165, 1.54) is 12.1 Å². The maximum atomic E-state index is 12.6. The van der Waals surface area contributed by atoms with Gasteiger partial charge in [0.15, 0.2) is 5.65 Å². The summed E-state index contributed by atoms with van der Waals surface area (Å²) in [5.74, 6) is -0.177. The Balaban J connectivity index is 1.47. The molecule has 0 aliphatic heterocycles. The number of H-pyrrole nitrogens is 1. The van der Waals surface area contributed by atoms with E-state index >= 15 is 0 Å². The molecule has 3 aromatic heterocycles. The molecule has 0 aliphatic carbocycles. The Kier molecular flexibility index (Phi) is 5.05. The van der Waals surface area contributed by atoms with Crippen LogP contribution in [-0.4, -0.2) is 25.1 Å². The van der Waals surface area contributed by atoms with Crippen LogP contribution >= 0.6 is 0 Å². The van der Waals surface area contributed by atoms with Crippen molar-refractivity contribution >= 4 is 17.2 Å². The first-order valence-corrected chi connectivity index (χ1v) is 9.53. The summed E-state index contributed by atoms with van der Waals surface area (Å²) in [6.45, 7) is 4.14. The first-order chi connectivity index (χ1) is 14.4. The van der Waals surface area contributed by atoms with Crippen molar-refractivity contribution in [2.45, 2.75) is 26.8 Å². The number of aromatic nitrogens is 4. The highest BCUT2D eigenvalue weighted by Gasteiger charge is 2.14. The van der Waals surface area contributed by atoms with Gasteiger partial charge >= 0.3 is 0 Å². The normalized spacial score (nSPS) is 11.0. The average molecular weight is 403 g/mol. The van der Waals surface area contributed by atoms with E-state index < -0.39 is 0 Å². The van der Waals surface area contributed by atoms with Crippen LogP contribution in [0.25, 0.3) is 5.65 Å². The maximum Gasteiger partial charge on any atom is 0.266 e. The number of pyridine rings is 1. The van der Waals surface area contributed by atoms with Crippen molar-refractivity contribution in [2.75, 3.05) is 5.32 Å². The van der Waals surface area contributed by atoms with E-state index in [2.05, 4.69) is 15.4 Å². The summed E-state index contributed by atoms with van der Waals surface area (Å²) in [6.07, 6.45) is 1.88. The molecule has 0 aliphatic rings. The zero-order valence-electron chi connectivity index (χ0n) is 16.7. The standard InChI is InChI=1S/C22H21N5O3/c1-14-18(15(2)27-19(23-14)12-21(29)25-27)11-20(28)24-17-8-6-16(7-9-17)13-26-10-4-3-5-22(26)30/h3-10,12H,11,13H2,1-2H3,(H,24,28)(H,25,29). The molecule has 0 bridgehead atoms. The monoisotopic (exact) mass is 403 g/mol. The van der Waals surface area contributed by atoms with E-state index in [-0.39, 0.29) is 23.4 Å². The number of nitrogens with zero attached hydrogens (tertiary/aromatic N) is 3. The third-order valence-corrected chi connectivity index (χ3v) is 5.03. The lowest BCUT2D eigenvalue weighted by molar-refractivity contribution is -0.115. The number of aryl methyl sites for hydroxylation is 2. The van der Waals surface area contributed by atoms with Crippen molar-refractivity contribution in [1.82, 2.24) is 19.2 Å². The predicted octanol–water partition coefficient (Wildman–Crippen LogP) is 2.03. The van der Waals surface area contributed by atoms with E-state index in [9.17, 15) is 14.4 Å². The van der Waals surface area contributed by atoms with Gasteiger partial charge in [-0.25, -0.2) is 9.50 Å². The van der Waals surface area contributed by atoms with Crippen LogP contribution in [0.15, 0.2) is 64.3 Å². The van der Waals surface area contributed by atoms with Crippen LogP contribution in [0.4, 0.5) is 5.69 Å². The van der Waals surface area contributed by atoms with Crippen LogP contribution in [0, 0.1) is 13.8 Å². The van der Waals surface area contributed by atoms with Crippen LogP contribution in [-0.2, 0) is 17.8 Å². The maximum absolute atomic E-state index is 12.6. The molecule has 0 unspecified atom stereocenters. The van der Waals surface area contributed by atoms with E-state index in [1.807, 2.05) is 44.2 Å². The Morgan fingerprint density at radius 2 is 1.87 bits per heavy atom. The summed E-state index contributed by atoms with van der Waals surface area (Å²) < 4.78 is 3.21. The number of carbonyl (C=O) groups excluding carboxylic acids is 1. The summed E-state index contributed by atoms with van der Waals surface area (Å²) in [4.78, 5) is 40.4. The molecule has 8 nitrogen and oxygen atoms in total. The van der Waals surface area contributed by atoms with Crippen molar-refractivity contribution in [3.05, 3.63) is 98.0 Å². The second-order valence-electron chi connectivity index (χ2n) is 7.16. The second-order valence-corrected chi connectivity index (χ2v) is 7.16. The molecular weight excluding hydrogens is 382 g/mol. The fraction of sp³-hybridized carbons (Fsp3) is 0.182. The number of carbonyl (C=O) groups is 1. The highest BCUT2D eigenvalue weighted by molar-refractivity contribution is 5.92. The molecule has 0 radical (unpaired) electrons. The summed E-state index contributed by atoms with van der Waals surface area (Å²) in [5, 5.41) is 5.57. The minimum absolute atomic E-state index is 0.0600. The SMILES string of the molecule is Cc1nc2cc(=O)[nH]n2c(C)c1CC(=O)Nc1ccc(Cn2ccccc2=O)cc1. The molecule has 0 atom stereocenters. The van der Waals surface area contributed by atoms with Crippen LogP contribution < -0.4 is 16.4 Å². The molecule has 8 heteroatoms. The Bertz CT molecular complexity index is 1350. The van der Waals surface area contributed by atoms with E-state index in [1.54, 1.807) is 21.3 Å². The first kappa shape index (κ1) is 19.4. The average Bonchev–Trinajstić information content (AvgIpc) is 3.09. The smallest absolute Gasteiger partial charge is 0.266 e. The molecule has 4 rings (SSSR count). The van der Waals surface area contributed by atoms with Gasteiger partial charge < -0.3 is 9.88 Å². The molecule has 4 aromatic rings. The van der Waals surface area contributed by atoms with Crippen molar-refractivity contribution in [3.63, 3.8) is 0 Å². The number of nitrogens with one attached hydrogen (secondary N) is 2. The van der Waals surface area contributed by atoms with E-state index in [0.717, 1.165) is 16.8 Å². The summed E-state index contributed by atoms with van der Waals surface area (Å²) in [5.41, 5.74) is 4.13. The molecule has 0 saturated heterocycles. The zero-order chi connectivity index (χ0) is 21.3. The van der Waals surface area contributed by atoms with Gasteiger partial charge in [0.25, 0.3) is 11.1 Å². The van der Waals surface area contributed by atoms with Crippen LogP contribution in [0.2, 0.25) is 0 Å². The molecule has 1 aromatic carbocycles. The number of anilines is 1. The molecule has 0 spiro atoms. The third kappa shape index (κ3) is 3.93. The molecule has 2 N–H and O–H groups in total. The Morgan fingerprint density at radius 3 is 2.60 bits per heavy atom. The third-order valence-electron chi connectivity index (χ3n) is 5.03. The van der Waals surface area contributed by atoms with E-state index in [4.69, 9.17) is 0 Å². The van der Waals surface area contributed by atoms with Crippen molar-refractivity contribution in [1.29, 1.82) is 0 Å². The fourth-order valence-corrected chi connectivity index (χ4v) is 3.46. The molecule has 0 saturated carbocycles. The van der Waals surface area contributed by atoms with Crippen molar-refractivity contribution < 1.29 is 4.79 Å². The largest absolute Gasteiger partial charge is 0.326 e. The lowest BCUT2D eigenvalue weighted by atomic mass is 10.1. The van der Waals surface area contributed by atoms with Gasteiger partial charge in [0.2, 0.25) is 5.91 Å². The number of hydrogen-bond acceptors (Lipinski definition) is 4. The van der Waals surface area contributed by atoms with Crippen LogP contribution in [0.5, 0.6) is 0 Å². The highest BCUT2D eigenvalue weighted by atomic mass is 16.1. The fourth-order valence-electron chi connectivity index (χ4n) is 3.46. The second kappa shape index (κ2) is 7.82. The van der Waals surface area contributed by atoms with Gasteiger partial charge in [0.05, 0.1) is 13.0 Å². The van der Waals surface area contributed by atoms with Crippen molar-refractivity contribution in [3.8, 4) is 0 Å². The van der Waals surface area contributed by atoms with Gasteiger partial charge in [-0.3, -0.25) is 19.5 Å². The minimum Gasteiger partial charge on any atom is -0.326 e. The first-order valence-electron chi connectivity index (χ1n) is 9.53. The number of fused-ring (bicyclic) bond motifs is 1. The minimum atomic E-state index is -0.232. The Morgan fingerprint density at radius 1 is 1.10 bits per heavy atom. The molecule has 30 heavy (non-hydrogen) atoms. The Labute approximate surface area is 171 Å². The number of rotatable bonds is 5. The molecule has 0 fully saturated rings. The number of amides is 1. The number of benzene rings is 1. The molecule has 3 heterocycles. The van der Waals surface area contributed by atoms with Crippen LogP contribution in [0.1, 0.15) is 22.5 Å². The topological polar surface area (TPSA) is 101 Å². The van der Waals surface area contributed by atoms with Gasteiger partial charge in [-0.05, 0) is 37.6 Å². The summed E-state index contributed by atoms with van der Waals surface area (Å²) in [7, 11) is 0. The molecule has 152 valence electrons. The quantitative estimate of drug-likeness (QED) is 0.532. The van der Waals surface area contributed by atoms with Gasteiger partial charge in [0, 0.05) is 41.0 Å². The Hall–Kier alpha value is -3.94. The van der Waals surface area contributed by atoms with Gasteiger partial charge in [-0.1, -0.05) is 18.2 Å². The molecule has 1 amide bonds. The zero-order valence-corrected chi connectivity index (χ0v) is 16.7.